The van der Waals surface area contributed by atoms with Crippen molar-refractivity contribution in [3.63, 3.8) is 0 Å². The highest BCUT2D eigenvalue weighted by Crippen LogP contribution is 2.24. The van der Waals surface area contributed by atoms with Gasteiger partial charge in [0.15, 0.2) is 9.84 Å². The maximum Gasteiger partial charge on any atom is 0.243 e. The van der Waals surface area contributed by atoms with Crippen LogP contribution in [0, 0.1) is 6.92 Å². The van der Waals surface area contributed by atoms with Gasteiger partial charge in [0.2, 0.25) is 10.0 Å². The molecule has 0 amide bonds. The third kappa shape index (κ3) is 3.41. The van der Waals surface area contributed by atoms with E-state index in [1.807, 2.05) is 6.92 Å². The molecule has 1 aliphatic rings. The molecule has 8 heteroatoms. The number of aryl methyl sites for hydroxylation is 1. The summed E-state index contributed by atoms with van der Waals surface area (Å²) in [5.74, 6) is -0.0373. The molecule has 1 fully saturated rings. The van der Waals surface area contributed by atoms with Crippen molar-refractivity contribution in [2.45, 2.75) is 30.7 Å². The molecule has 118 valence electrons. The number of sulfonamides is 1. The van der Waals surface area contributed by atoms with Gasteiger partial charge in [0.05, 0.1) is 16.4 Å². The Labute approximate surface area is 130 Å². The first-order valence-corrected chi connectivity index (χ1v) is 10.3. The molecule has 5 nitrogen and oxygen atoms in total. The minimum Gasteiger partial charge on any atom is -0.229 e. The van der Waals surface area contributed by atoms with E-state index in [-0.39, 0.29) is 28.8 Å². The average Bonchev–Trinajstić information content (AvgIpc) is 2.37. The predicted octanol–water partition coefficient (Wildman–Crippen LogP) is 1.54. The van der Waals surface area contributed by atoms with Crippen molar-refractivity contribution in [2.24, 2.45) is 0 Å². The van der Waals surface area contributed by atoms with E-state index in [2.05, 4.69) is 0 Å². The Morgan fingerprint density at radius 2 is 2.05 bits per heavy atom. The summed E-state index contributed by atoms with van der Waals surface area (Å²) in [5, 5.41) is 0. The van der Waals surface area contributed by atoms with E-state index in [4.69, 9.17) is 11.6 Å². The lowest BCUT2D eigenvalue weighted by atomic mass is 10.1. The van der Waals surface area contributed by atoms with Crippen molar-refractivity contribution in [3.8, 4) is 0 Å². The molecule has 0 saturated carbocycles. The number of benzene rings is 1. The molecule has 1 heterocycles. The number of nitrogens with zero attached hydrogens (tertiary/aromatic N) is 1. The van der Waals surface area contributed by atoms with Crippen LogP contribution in [0.5, 0.6) is 0 Å². The van der Waals surface area contributed by atoms with Crippen LogP contribution in [0.3, 0.4) is 0 Å². The summed E-state index contributed by atoms with van der Waals surface area (Å²) in [7, 11) is -6.85. The maximum atomic E-state index is 12.7. The first kappa shape index (κ1) is 16.7. The van der Waals surface area contributed by atoms with Crippen LogP contribution in [0.15, 0.2) is 23.1 Å². The quantitative estimate of drug-likeness (QED) is 0.774. The molecule has 1 aromatic rings. The van der Waals surface area contributed by atoms with Crippen molar-refractivity contribution in [2.75, 3.05) is 18.1 Å². The molecule has 2 rings (SSSR count). The van der Waals surface area contributed by atoms with Gasteiger partial charge in [-0.2, -0.15) is 4.31 Å². The topological polar surface area (TPSA) is 71.5 Å². The smallest absolute Gasteiger partial charge is 0.229 e. The average molecular weight is 352 g/mol. The van der Waals surface area contributed by atoms with Gasteiger partial charge in [0, 0.05) is 18.5 Å². The Bertz CT molecular complexity index is 743. The lowest BCUT2D eigenvalue weighted by molar-refractivity contribution is 0.357. The van der Waals surface area contributed by atoms with Gasteiger partial charge < -0.3 is 0 Å². The van der Waals surface area contributed by atoms with Gasteiger partial charge in [0.1, 0.15) is 0 Å². The van der Waals surface area contributed by atoms with Crippen LogP contribution in [0.2, 0.25) is 0 Å². The molecule has 1 aromatic carbocycles. The van der Waals surface area contributed by atoms with Crippen molar-refractivity contribution in [3.05, 3.63) is 29.3 Å². The lowest BCUT2D eigenvalue weighted by Gasteiger charge is -2.32. The molecule has 21 heavy (non-hydrogen) atoms. The molecule has 0 aliphatic carbocycles. The highest BCUT2D eigenvalue weighted by molar-refractivity contribution is 7.92. The SMILES string of the molecule is Cc1ccc(S(=O)(=O)N2CCS(=O)(=O)CC2C)cc1CCl. The molecule has 0 aromatic heterocycles. The fourth-order valence-electron chi connectivity index (χ4n) is 2.43. The zero-order valence-corrected chi connectivity index (χ0v) is 14.3. The van der Waals surface area contributed by atoms with Crippen molar-refractivity contribution in [1.82, 2.24) is 4.31 Å². The molecule has 1 aliphatic heterocycles. The predicted molar refractivity (Wildman–Crippen MR) is 82.7 cm³/mol. The van der Waals surface area contributed by atoms with Gasteiger partial charge in [-0.15, -0.1) is 11.6 Å². The number of alkyl halides is 1. The largest absolute Gasteiger partial charge is 0.243 e. The summed E-state index contributed by atoms with van der Waals surface area (Å²) in [4.78, 5) is 0.162. The third-order valence-corrected chi connectivity index (χ3v) is 7.77. The zero-order valence-electron chi connectivity index (χ0n) is 11.9. The molecule has 0 radical (unpaired) electrons. The van der Waals surface area contributed by atoms with Crippen LogP contribution < -0.4 is 0 Å². The second-order valence-corrected chi connectivity index (χ2v) is 9.69. The summed E-state index contributed by atoms with van der Waals surface area (Å²) in [6, 6.07) is 4.26. The monoisotopic (exact) mass is 351 g/mol. The van der Waals surface area contributed by atoms with Crippen LogP contribution in [0.4, 0.5) is 0 Å². The van der Waals surface area contributed by atoms with E-state index < -0.39 is 25.9 Å². The van der Waals surface area contributed by atoms with Crippen LogP contribution >= 0.6 is 11.6 Å². The molecule has 1 atom stereocenters. The van der Waals surface area contributed by atoms with Gasteiger partial charge in [-0.05, 0) is 37.1 Å². The minimum atomic E-state index is -3.70. The molecule has 0 N–H and O–H groups in total. The number of hydrogen-bond acceptors (Lipinski definition) is 4. The van der Waals surface area contributed by atoms with Crippen LogP contribution in [-0.4, -0.2) is 45.2 Å². The van der Waals surface area contributed by atoms with E-state index in [0.29, 0.717) is 0 Å². The van der Waals surface area contributed by atoms with E-state index in [1.165, 1.54) is 10.4 Å². The summed E-state index contributed by atoms with van der Waals surface area (Å²) < 4.78 is 49.8. The van der Waals surface area contributed by atoms with Gasteiger partial charge in [-0.1, -0.05) is 6.07 Å². The standard InChI is InChI=1S/C13H18ClNO4S2/c1-10-3-4-13(7-12(10)8-14)21(18,19)15-5-6-20(16,17)9-11(15)2/h3-4,7,11H,5-6,8-9H2,1-2H3. The van der Waals surface area contributed by atoms with Gasteiger partial charge in [0.25, 0.3) is 0 Å². The second-order valence-electron chi connectivity index (χ2n) is 5.30. The number of hydrogen-bond donors (Lipinski definition) is 0. The zero-order chi connectivity index (χ0) is 15.8. The highest BCUT2D eigenvalue weighted by atomic mass is 35.5. The molecule has 1 unspecified atom stereocenters. The molecular formula is C13H18ClNO4S2. The molecule has 0 bridgehead atoms. The van der Waals surface area contributed by atoms with E-state index in [0.717, 1.165) is 11.1 Å². The Morgan fingerprint density at radius 1 is 1.38 bits per heavy atom. The van der Waals surface area contributed by atoms with Crippen molar-refractivity contribution < 1.29 is 16.8 Å². The normalized spacial score (nSPS) is 23.1. The van der Waals surface area contributed by atoms with E-state index >= 15 is 0 Å². The fraction of sp³-hybridized carbons (Fsp3) is 0.538. The Balaban J connectivity index is 2.39. The third-order valence-electron chi connectivity index (χ3n) is 3.68. The van der Waals surface area contributed by atoms with Crippen LogP contribution in [-0.2, 0) is 25.7 Å². The fourth-order valence-corrected chi connectivity index (χ4v) is 6.16. The maximum absolute atomic E-state index is 12.7. The van der Waals surface area contributed by atoms with Crippen molar-refractivity contribution >= 4 is 31.5 Å². The number of rotatable bonds is 3. The Kier molecular flexibility index (Phi) is 4.68. The summed E-state index contributed by atoms with van der Waals surface area (Å²) in [6.07, 6.45) is 0. The van der Waals surface area contributed by atoms with Crippen molar-refractivity contribution in [1.29, 1.82) is 0 Å². The lowest BCUT2D eigenvalue weighted by Crippen LogP contribution is -2.49. The summed E-state index contributed by atoms with van der Waals surface area (Å²) >= 11 is 5.82. The first-order chi connectivity index (χ1) is 9.67. The number of halogens is 1. The number of sulfone groups is 1. The van der Waals surface area contributed by atoms with E-state index in [9.17, 15) is 16.8 Å². The molecule has 1 saturated heterocycles. The molecule has 0 spiro atoms. The van der Waals surface area contributed by atoms with Crippen LogP contribution in [0.1, 0.15) is 18.1 Å². The van der Waals surface area contributed by atoms with Gasteiger partial charge in [-0.25, -0.2) is 16.8 Å². The minimum absolute atomic E-state index is 0.00405. The van der Waals surface area contributed by atoms with Gasteiger partial charge >= 0.3 is 0 Å². The van der Waals surface area contributed by atoms with E-state index in [1.54, 1.807) is 19.1 Å². The molecular weight excluding hydrogens is 334 g/mol. The summed E-state index contributed by atoms with van der Waals surface area (Å²) in [6.45, 7) is 3.48. The highest BCUT2D eigenvalue weighted by Gasteiger charge is 2.36. The van der Waals surface area contributed by atoms with Crippen LogP contribution in [0.25, 0.3) is 0 Å². The second kappa shape index (κ2) is 5.87. The summed E-state index contributed by atoms with van der Waals surface area (Å²) in [5.41, 5.74) is 1.69. The Hall–Kier alpha value is -0.630. The Morgan fingerprint density at radius 3 is 2.62 bits per heavy atom. The van der Waals surface area contributed by atoms with Gasteiger partial charge in [-0.3, -0.25) is 0 Å². The first-order valence-electron chi connectivity index (χ1n) is 6.55.